The van der Waals surface area contributed by atoms with Gasteiger partial charge in [-0.15, -0.1) is 0 Å². The Hall–Kier alpha value is -3.39. The van der Waals surface area contributed by atoms with Crippen LogP contribution in [0.15, 0.2) is 48.5 Å². The van der Waals surface area contributed by atoms with Crippen molar-refractivity contribution in [3.63, 3.8) is 0 Å². The van der Waals surface area contributed by atoms with Gasteiger partial charge in [-0.05, 0) is 42.5 Å². The molecule has 0 aromatic heterocycles. The van der Waals surface area contributed by atoms with Crippen LogP contribution in [0.4, 0.5) is 11.4 Å². The van der Waals surface area contributed by atoms with Crippen LogP contribution < -0.4 is 10.6 Å². The van der Waals surface area contributed by atoms with Crippen molar-refractivity contribution >= 4 is 29.2 Å². The molecular weight excluding hydrogens is 374 g/mol. The molecule has 2 aromatic rings. The molecule has 0 spiro atoms. The van der Waals surface area contributed by atoms with Gasteiger partial charge in [0.1, 0.15) is 0 Å². The molecule has 2 amide bonds. The number of rotatable bonds is 6. The number of ether oxygens (including phenoxy) is 2. The fraction of sp³-hybridized carbons (Fsp3) is 0.286. The van der Waals surface area contributed by atoms with E-state index in [-0.39, 0.29) is 18.4 Å². The zero-order valence-corrected chi connectivity index (χ0v) is 16.1. The van der Waals surface area contributed by atoms with Crippen molar-refractivity contribution in [2.45, 2.75) is 0 Å². The van der Waals surface area contributed by atoms with Gasteiger partial charge in [0.2, 0.25) is 5.91 Å². The molecule has 8 nitrogen and oxygen atoms in total. The number of nitrogens with one attached hydrogen (secondary N) is 2. The summed E-state index contributed by atoms with van der Waals surface area (Å²) >= 11 is 0. The maximum absolute atomic E-state index is 12.6. The number of esters is 1. The van der Waals surface area contributed by atoms with E-state index in [1.54, 1.807) is 53.4 Å². The maximum Gasteiger partial charge on any atom is 0.337 e. The van der Waals surface area contributed by atoms with Crippen LogP contribution >= 0.6 is 0 Å². The second kappa shape index (κ2) is 9.70. The quantitative estimate of drug-likeness (QED) is 0.724. The highest BCUT2D eigenvalue weighted by molar-refractivity contribution is 5.96. The van der Waals surface area contributed by atoms with Gasteiger partial charge in [-0.25, -0.2) is 4.79 Å². The summed E-state index contributed by atoms with van der Waals surface area (Å²) in [7, 11) is 1.31. The van der Waals surface area contributed by atoms with Crippen molar-refractivity contribution in [2.75, 3.05) is 50.6 Å². The lowest BCUT2D eigenvalue weighted by molar-refractivity contribution is -0.114. The Morgan fingerprint density at radius 2 is 1.72 bits per heavy atom. The Labute approximate surface area is 168 Å². The lowest BCUT2D eigenvalue weighted by Crippen LogP contribution is -2.40. The molecule has 3 rings (SSSR count). The van der Waals surface area contributed by atoms with E-state index < -0.39 is 5.97 Å². The van der Waals surface area contributed by atoms with Gasteiger partial charge < -0.3 is 25.0 Å². The highest BCUT2D eigenvalue weighted by atomic mass is 16.5. The highest BCUT2D eigenvalue weighted by Crippen LogP contribution is 2.14. The molecule has 1 saturated heterocycles. The number of morpholine rings is 1. The van der Waals surface area contributed by atoms with Gasteiger partial charge in [0.05, 0.1) is 32.4 Å². The first-order valence-corrected chi connectivity index (χ1v) is 9.26. The number of carbonyl (C=O) groups excluding carboxylic acids is 3. The molecule has 0 aliphatic carbocycles. The van der Waals surface area contributed by atoms with Crippen LogP contribution in [0.1, 0.15) is 20.7 Å². The van der Waals surface area contributed by atoms with Crippen LogP contribution in [0.5, 0.6) is 0 Å². The van der Waals surface area contributed by atoms with E-state index in [2.05, 4.69) is 15.4 Å². The Kier molecular flexibility index (Phi) is 6.80. The molecule has 1 fully saturated rings. The summed E-state index contributed by atoms with van der Waals surface area (Å²) in [5, 5.41) is 5.76. The van der Waals surface area contributed by atoms with Crippen molar-refractivity contribution in [3.8, 4) is 0 Å². The summed E-state index contributed by atoms with van der Waals surface area (Å²) in [5.41, 5.74) is 2.22. The lowest BCUT2D eigenvalue weighted by atomic mass is 10.1. The van der Waals surface area contributed by atoms with Crippen LogP contribution in [0, 0.1) is 0 Å². The van der Waals surface area contributed by atoms with Gasteiger partial charge >= 0.3 is 5.97 Å². The second-order valence-electron chi connectivity index (χ2n) is 6.46. The van der Waals surface area contributed by atoms with E-state index in [1.807, 2.05) is 0 Å². The number of hydrogen-bond donors (Lipinski definition) is 2. The van der Waals surface area contributed by atoms with Crippen molar-refractivity contribution < 1.29 is 23.9 Å². The molecule has 1 aliphatic rings. The minimum atomic E-state index is -0.434. The molecule has 0 radical (unpaired) electrons. The van der Waals surface area contributed by atoms with Crippen LogP contribution in [0.3, 0.4) is 0 Å². The van der Waals surface area contributed by atoms with E-state index >= 15 is 0 Å². The monoisotopic (exact) mass is 397 g/mol. The molecular formula is C21H23N3O5. The Bertz CT molecular complexity index is 876. The second-order valence-corrected chi connectivity index (χ2v) is 6.46. The first-order valence-electron chi connectivity index (χ1n) is 9.26. The summed E-state index contributed by atoms with van der Waals surface area (Å²) in [4.78, 5) is 37.9. The van der Waals surface area contributed by atoms with Crippen molar-refractivity contribution in [1.82, 2.24) is 4.90 Å². The van der Waals surface area contributed by atoms with Gasteiger partial charge in [0, 0.05) is 30.0 Å². The van der Waals surface area contributed by atoms with Crippen molar-refractivity contribution in [3.05, 3.63) is 59.7 Å². The molecule has 1 heterocycles. The molecule has 0 atom stereocenters. The van der Waals surface area contributed by atoms with Crippen LogP contribution in [-0.4, -0.2) is 62.6 Å². The van der Waals surface area contributed by atoms with Crippen molar-refractivity contribution in [1.29, 1.82) is 0 Å². The summed E-state index contributed by atoms with van der Waals surface area (Å²) in [6, 6.07) is 13.5. The third-order valence-corrected chi connectivity index (χ3v) is 4.45. The molecule has 2 aromatic carbocycles. The topological polar surface area (TPSA) is 97.0 Å². The predicted octanol–water partition coefficient (Wildman–Crippen LogP) is 2.00. The Morgan fingerprint density at radius 3 is 2.41 bits per heavy atom. The smallest absolute Gasteiger partial charge is 0.337 e. The number of methoxy groups -OCH3 is 1. The van der Waals surface area contributed by atoms with Crippen LogP contribution in [-0.2, 0) is 14.3 Å². The van der Waals surface area contributed by atoms with E-state index in [4.69, 9.17) is 4.74 Å². The number of nitrogens with zero attached hydrogens (tertiary/aromatic N) is 1. The van der Waals surface area contributed by atoms with Crippen molar-refractivity contribution in [2.24, 2.45) is 0 Å². The van der Waals surface area contributed by atoms with E-state index in [1.165, 1.54) is 7.11 Å². The predicted molar refractivity (Wildman–Crippen MR) is 108 cm³/mol. The highest BCUT2D eigenvalue weighted by Gasteiger charge is 2.18. The summed E-state index contributed by atoms with van der Waals surface area (Å²) in [5.74, 6) is -0.733. The summed E-state index contributed by atoms with van der Waals surface area (Å²) in [6.45, 7) is 2.28. The molecule has 8 heteroatoms. The SMILES string of the molecule is COC(=O)c1ccc(NC(=O)CNc2cccc(C(=O)N3CCOCC3)c2)cc1. The number of amides is 2. The average Bonchev–Trinajstić information content (AvgIpc) is 2.78. The number of carbonyl (C=O) groups is 3. The molecule has 1 aliphatic heterocycles. The van der Waals surface area contributed by atoms with Gasteiger partial charge in [-0.1, -0.05) is 6.07 Å². The fourth-order valence-electron chi connectivity index (χ4n) is 2.91. The standard InChI is InChI=1S/C21H23N3O5/c1-28-21(27)15-5-7-17(8-6-15)23-19(25)14-22-18-4-2-3-16(13-18)20(26)24-9-11-29-12-10-24/h2-8,13,22H,9-12,14H2,1H3,(H,23,25). The first kappa shape index (κ1) is 20.3. The number of benzene rings is 2. The molecule has 0 bridgehead atoms. The average molecular weight is 397 g/mol. The molecule has 0 unspecified atom stereocenters. The number of anilines is 2. The molecule has 152 valence electrons. The minimum absolute atomic E-state index is 0.0357. The first-order chi connectivity index (χ1) is 14.1. The van der Waals surface area contributed by atoms with Crippen LogP contribution in [0.2, 0.25) is 0 Å². The van der Waals surface area contributed by atoms with Gasteiger partial charge in [-0.2, -0.15) is 0 Å². The van der Waals surface area contributed by atoms with Crippen LogP contribution in [0.25, 0.3) is 0 Å². The zero-order valence-electron chi connectivity index (χ0n) is 16.1. The zero-order chi connectivity index (χ0) is 20.6. The molecule has 2 N–H and O–H groups in total. The minimum Gasteiger partial charge on any atom is -0.465 e. The molecule has 29 heavy (non-hydrogen) atoms. The largest absolute Gasteiger partial charge is 0.465 e. The number of hydrogen-bond acceptors (Lipinski definition) is 6. The third-order valence-electron chi connectivity index (χ3n) is 4.45. The van der Waals surface area contributed by atoms with E-state index in [0.717, 1.165) is 0 Å². The molecule has 0 saturated carbocycles. The maximum atomic E-state index is 12.6. The summed E-state index contributed by atoms with van der Waals surface area (Å²) in [6.07, 6.45) is 0. The van der Waals surface area contributed by atoms with E-state index in [0.29, 0.717) is 48.8 Å². The van der Waals surface area contributed by atoms with E-state index in [9.17, 15) is 14.4 Å². The Morgan fingerprint density at radius 1 is 1.00 bits per heavy atom. The van der Waals surface area contributed by atoms with Gasteiger partial charge in [0.15, 0.2) is 0 Å². The summed E-state index contributed by atoms with van der Waals surface area (Å²) < 4.78 is 9.91. The Balaban J connectivity index is 1.53. The normalized spacial score (nSPS) is 13.5. The van der Waals surface area contributed by atoms with Gasteiger partial charge in [-0.3, -0.25) is 9.59 Å². The fourth-order valence-corrected chi connectivity index (χ4v) is 2.91. The third kappa shape index (κ3) is 5.55. The lowest BCUT2D eigenvalue weighted by Gasteiger charge is -2.27. The van der Waals surface area contributed by atoms with Gasteiger partial charge in [0.25, 0.3) is 5.91 Å².